The Kier molecular flexibility index (Phi) is 3.25. The van der Waals surface area contributed by atoms with E-state index in [1.165, 1.54) is 6.07 Å². The zero-order valence-corrected chi connectivity index (χ0v) is 12.0. The number of rotatable bonds is 1. The molecule has 0 radical (unpaired) electrons. The minimum atomic E-state index is -0.346. The molecule has 3 rings (SSSR count). The SMILES string of the molecule is Fc1cc2nc(-c3ccccc3)cc(Cl)c2cc1Br. The molecule has 0 N–H and O–H groups in total. The molecule has 1 heterocycles. The Morgan fingerprint density at radius 3 is 2.53 bits per heavy atom. The van der Waals surface area contributed by atoms with Crippen molar-refractivity contribution in [2.75, 3.05) is 0 Å². The van der Waals surface area contributed by atoms with Crippen molar-refractivity contribution < 1.29 is 4.39 Å². The maximum absolute atomic E-state index is 13.6. The first kappa shape index (κ1) is 12.6. The smallest absolute Gasteiger partial charge is 0.139 e. The Morgan fingerprint density at radius 1 is 1.05 bits per heavy atom. The van der Waals surface area contributed by atoms with Crippen LogP contribution in [0.5, 0.6) is 0 Å². The highest BCUT2D eigenvalue weighted by Gasteiger charge is 2.09. The molecule has 0 fully saturated rings. The quantitative estimate of drug-likeness (QED) is 0.575. The number of nitrogens with zero attached hydrogens (tertiary/aromatic N) is 1. The molecule has 1 aromatic heterocycles. The van der Waals surface area contributed by atoms with E-state index in [1.807, 2.05) is 30.3 Å². The highest BCUT2D eigenvalue weighted by atomic mass is 79.9. The fourth-order valence-electron chi connectivity index (χ4n) is 1.94. The molecule has 94 valence electrons. The van der Waals surface area contributed by atoms with Crippen molar-refractivity contribution in [3.63, 3.8) is 0 Å². The van der Waals surface area contributed by atoms with E-state index >= 15 is 0 Å². The minimum absolute atomic E-state index is 0.346. The maximum Gasteiger partial charge on any atom is 0.139 e. The molecule has 0 amide bonds. The fraction of sp³-hybridized carbons (Fsp3) is 0. The van der Waals surface area contributed by atoms with Gasteiger partial charge in [-0.25, -0.2) is 9.37 Å². The molecule has 0 unspecified atom stereocenters. The Labute approximate surface area is 123 Å². The third-order valence-electron chi connectivity index (χ3n) is 2.87. The third kappa shape index (κ3) is 2.36. The summed E-state index contributed by atoms with van der Waals surface area (Å²) in [6, 6.07) is 14.5. The molecule has 0 aliphatic carbocycles. The summed E-state index contributed by atoms with van der Waals surface area (Å²) in [6.45, 7) is 0. The van der Waals surface area contributed by atoms with Gasteiger partial charge in [-0.2, -0.15) is 0 Å². The van der Waals surface area contributed by atoms with Crippen LogP contribution in [0.2, 0.25) is 5.02 Å². The number of fused-ring (bicyclic) bond motifs is 1. The van der Waals surface area contributed by atoms with Gasteiger partial charge in [-0.05, 0) is 28.1 Å². The predicted octanol–water partition coefficient (Wildman–Crippen LogP) is 5.46. The van der Waals surface area contributed by atoms with Crippen LogP contribution in [0.4, 0.5) is 4.39 Å². The zero-order chi connectivity index (χ0) is 13.4. The topological polar surface area (TPSA) is 12.9 Å². The van der Waals surface area contributed by atoms with Gasteiger partial charge in [0.25, 0.3) is 0 Å². The van der Waals surface area contributed by atoms with E-state index in [2.05, 4.69) is 20.9 Å². The molecule has 4 heteroatoms. The van der Waals surface area contributed by atoms with E-state index in [9.17, 15) is 4.39 Å². The summed E-state index contributed by atoms with van der Waals surface area (Å²) in [5.41, 5.74) is 2.24. The lowest BCUT2D eigenvalue weighted by Gasteiger charge is -2.06. The highest BCUT2D eigenvalue weighted by Crippen LogP contribution is 2.31. The number of aromatic nitrogens is 1. The normalized spacial score (nSPS) is 10.9. The first-order chi connectivity index (χ1) is 9.15. The molecule has 0 spiro atoms. The largest absolute Gasteiger partial charge is 0.248 e. The van der Waals surface area contributed by atoms with Crippen molar-refractivity contribution in [3.8, 4) is 11.3 Å². The lowest BCUT2D eigenvalue weighted by atomic mass is 10.1. The Bertz CT molecular complexity index is 759. The summed E-state index contributed by atoms with van der Waals surface area (Å²) < 4.78 is 14.0. The second kappa shape index (κ2) is 4.91. The fourth-order valence-corrected chi connectivity index (χ4v) is 2.53. The van der Waals surface area contributed by atoms with E-state index in [0.717, 1.165) is 16.6 Å². The first-order valence-corrected chi connectivity index (χ1v) is 6.83. The second-order valence-electron chi connectivity index (χ2n) is 4.14. The van der Waals surface area contributed by atoms with E-state index in [4.69, 9.17) is 11.6 Å². The molecule has 0 saturated carbocycles. The van der Waals surface area contributed by atoms with Gasteiger partial charge in [-0.1, -0.05) is 41.9 Å². The van der Waals surface area contributed by atoms with Gasteiger partial charge in [0.05, 0.1) is 20.7 Å². The van der Waals surface area contributed by atoms with E-state index in [0.29, 0.717) is 15.0 Å². The molecule has 3 aromatic rings. The van der Waals surface area contributed by atoms with Gasteiger partial charge in [0.2, 0.25) is 0 Å². The van der Waals surface area contributed by atoms with Gasteiger partial charge >= 0.3 is 0 Å². The molecular formula is C15H8BrClFN. The summed E-state index contributed by atoms with van der Waals surface area (Å²) in [6.07, 6.45) is 0. The number of hydrogen-bond acceptors (Lipinski definition) is 1. The molecule has 0 aliphatic rings. The predicted molar refractivity (Wildman–Crippen MR) is 79.8 cm³/mol. The Morgan fingerprint density at radius 2 is 1.79 bits per heavy atom. The van der Waals surface area contributed by atoms with E-state index in [1.54, 1.807) is 12.1 Å². The van der Waals surface area contributed by atoms with Gasteiger partial charge in [0.1, 0.15) is 5.82 Å². The van der Waals surface area contributed by atoms with Crippen LogP contribution in [0.1, 0.15) is 0 Å². The van der Waals surface area contributed by atoms with Crippen molar-refractivity contribution in [2.24, 2.45) is 0 Å². The summed E-state index contributed by atoms with van der Waals surface area (Å²) in [5.74, 6) is -0.346. The lowest BCUT2D eigenvalue weighted by molar-refractivity contribution is 0.623. The van der Waals surface area contributed by atoms with Crippen LogP contribution >= 0.6 is 27.5 Å². The summed E-state index contributed by atoms with van der Waals surface area (Å²) in [5, 5.41) is 1.29. The van der Waals surface area contributed by atoms with Gasteiger partial charge in [0.15, 0.2) is 0 Å². The van der Waals surface area contributed by atoms with Crippen LogP contribution in [0, 0.1) is 5.82 Å². The maximum atomic E-state index is 13.6. The molecule has 1 nitrogen and oxygen atoms in total. The van der Waals surface area contributed by atoms with Crippen LogP contribution in [0.3, 0.4) is 0 Å². The Hall–Kier alpha value is -1.45. The highest BCUT2D eigenvalue weighted by molar-refractivity contribution is 9.10. The van der Waals surface area contributed by atoms with E-state index < -0.39 is 0 Å². The van der Waals surface area contributed by atoms with Gasteiger partial charge in [0, 0.05) is 17.0 Å². The lowest BCUT2D eigenvalue weighted by Crippen LogP contribution is -1.88. The second-order valence-corrected chi connectivity index (χ2v) is 5.40. The molecular weight excluding hydrogens is 329 g/mol. The third-order valence-corrected chi connectivity index (χ3v) is 3.79. The molecule has 19 heavy (non-hydrogen) atoms. The monoisotopic (exact) mass is 335 g/mol. The zero-order valence-electron chi connectivity index (χ0n) is 9.70. The van der Waals surface area contributed by atoms with Crippen LogP contribution in [0.25, 0.3) is 22.2 Å². The summed E-state index contributed by atoms with van der Waals surface area (Å²) >= 11 is 9.41. The average Bonchev–Trinajstić information content (AvgIpc) is 2.42. The van der Waals surface area contributed by atoms with Crippen LogP contribution in [0.15, 0.2) is 53.0 Å². The molecule has 0 atom stereocenters. The molecule has 0 saturated heterocycles. The van der Waals surface area contributed by atoms with Crippen molar-refractivity contribution in [2.45, 2.75) is 0 Å². The number of hydrogen-bond donors (Lipinski definition) is 0. The van der Waals surface area contributed by atoms with Gasteiger partial charge in [-0.15, -0.1) is 0 Å². The van der Waals surface area contributed by atoms with E-state index in [-0.39, 0.29) is 5.82 Å². The minimum Gasteiger partial charge on any atom is -0.248 e. The first-order valence-electron chi connectivity index (χ1n) is 5.66. The molecule has 2 aromatic carbocycles. The standard InChI is InChI=1S/C15H8BrClFN/c16-11-6-10-12(17)7-14(9-4-2-1-3-5-9)19-15(10)8-13(11)18/h1-8H. The Balaban J connectivity index is 2.28. The number of benzene rings is 2. The number of halogens is 3. The van der Waals surface area contributed by atoms with Crippen LogP contribution in [-0.2, 0) is 0 Å². The average molecular weight is 337 g/mol. The summed E-state index contributed by atoms with van der Waals surface area (Å²) in [7, 11) is 0. The van der Waals surface area contributed by atoms with Crippen molar-refractivity contribution in [1.29, 1.82) is 0 Å². The van der Waals surface area contributed by atoms with Gasteiger partial charge in [-0.3, -0.25) is 0 Å². The van der Waals surface area contributed by atoms with Gasteiger partial charge < -0.3 is 0 Å². The molecule has 0 bridgehead atoms. The van der Waals surface area contributed by atoms with Crippen molar-refractivity contribution in [3.05, 3.63) is 63.8 Å². The number of pyridine rings is 1. The molecule has 0 aliphatic heterocycles. The van der Waals surface area contributed by atoms with Crippen molar-refractivity contribution >= 4 is 38.4 Å². The van der Waals surface area contributed by atoms with Crippen molar-refractivity contribution in [1.82, 2.24) is 4.98 Å². The summed E-state index contributed by atoms with van der Waals surface area (Å²) in [4.78, 5) is 4.46. The van der Waals surface area contributed by atoms with Crippen LogP contribution < -0.4 is 0 Å². The van der Waals surface area contributed by atoms with Crippen LogP contribution in [-0.4, -0.2) is 4.98 Å².